The summed E-state index contributed by atoms with van der Waals surface area (Å²) in [5.41, 5.74) is 1.39. The molecule has 2 heterocycles. The molecule has 110 valence electrons. The van der Waals surface area contributed by atoms with Gasteiger partial charge in [0.1, 0.15) is 11.6 Å². The van der Waals surface area contributed by atoms with Crippen LogP contribution >= 0.6 is 34.5 Å². The molecular weight excluding hydrogens is 330 g/mol. The molecule has 0 bridgehead atoms. The highest BCUT2D eigenvalue weighted by molar-refractivity contribution is 7.11. The number of alkyl halides is 1. The molecule has 3 rings (SSSR count). The summed E-state index contributed by atoms with van der Waals surface area (Å²) in [6.07, 6.45) is 1.02. The number of aryl methyl sites for hydroxylation is 1. The van der Waals surface area contributed by atoms with Crippen LogP contribution in [-0.2, 0) is 18.8 Å². The molecule has 3 aromatic rings. The van der Waals surface area contributed by atoms with Gasteiger partial charge in [0, 0.05) is 15.8 Å². The van der Waals surface area contributed by atoms with Crippen LogP contribution in [0.2, 0.25) is 5.02 Å². The van der Waals surface area contributed by atoms with E-state index in [2.05, 4.69) is 24.0 Å². The number of rotatable bonds is 4. The zero-order valence-corrected chi connectivity index (χ0v) is 13.7. The fourth-order valence-corrected chi connectivity index (χ4v) is 3.61. The Hall–Kier alpha value is -1.10. The fourth-order valence-electron chi connectivity index (χ4n) is 2.30. The van der Waals surface area contributed by atoms with Crippen molar-refractivity contribution >= 4 is 45.6 Å². The standard InChI is InChI=1S/C15H13Cl2FN2S/c1-2-9-3-4-10(21-9)8-20-14-6-12(18)11(17)5-13(14)19-15(20)7-16/h3-6H,2,7-8H2,1H3. The Morgan fingerprint density at radius 3 is 2.71 bits per heavy atom. The first-order valence-corrected chi connectivity index (χ1v) is 8.33. The van der Waals surface area contributed by atoms with E-state index in [1.807, 2.05) is 4.57 Å². The lowest BCUT2D eigenvalue weighted by atomic mass is 10.3. The van der Waals surface area contributed by atoms with E-state index in [9.17, 15) is 4.39 Å². The lowest BCUT2D eigenvalue weighted by Crippen LogP contribution is -2.02. The second-order valence-corrected chi connectivity index (χ2v) is 6.65. The molecule has 6 heteroatoms. The van der Waals surface area contributed by atoms with Crippen molar-refractivity contribution in [2.75, 3.05) is 0 Å². The number of halogens is 3. The van der Waals surface area contributed by atoms with Gasteiger partial charge in [-0.3, -0.25) is 0 Å². The van der Waals surface area contributed by atoms with E-state index in [0.717, 1.165) is 17.8 Å². The van der Waals surface area contributed by atoms with Crippen LogP contribution in [0, 0.1) is 5.82 Å². The minimum Gasteiger partial charge on any atom is -0.322 e. The van der Waals surface area contributed by atoms with Crippen molar-refractivity contribution < 1.29 is 4.39 Å². The normalized spacial score (nSPS) is 11.4. The zero-order chi connectivity index (χ0) is 15.0. The van der Waals surface area contributed by atoms with Crippen molar-refractivity contribution in [3.63, 3.8) is 0 Å². The number of thiophene rings is 1. The van der Waals surface area contributed by atoms with Gasteiger partial charge in [0.15, 0.2) is 0 Å². The molecule has 2 aromatic heterocycles. The van der Waals surface area contributed by atoms with Crippen LogP contribution in [0.15, 0.2) is 24.3 Å². The second-order valence-electron chi connectivity index (χ2n) is 4.72. The Labute approximate surface area is 136 Å². The highest BCUT2D eigenvalue weighted by Gasteiger charge is 2.14. The minimum absolute atomic E-state index is 0.0812. The van der Waals surface area contributed by atoms with Crippen molar-refractivity contribution in [3.05, 3.63) is 50.7 Å². The Kier molecular flexibility index (Phi) is 4.20. The number of aromatic nitrogens is 2. The second kappa shape index (κ2) is 5.95. The van der Waals surface area contributed by atoms with Gasteiger partial charge in [-0.25, -0.2) is 9.37 Å². The summed E-state index contributed by atoms with van der Waals surface area (Å²) in [6.45, 7) is 2.77. The number of hydrogen-bond acceptors (Lipinski definition) is 2. The number of hydrogen-bond donors (Lipinski definition) is 0. The van der Waals surface area contributed by atoms with Crippen molar-refractivity contribution in [2.24, 2.45) is 0 Å². The summed E-state index contributed by atoms with van der Waals surface area (Å²) in [5, 5.41) is 0.0812. The smallest absolute Gasteiger partial charge is 0.144 e. The van der Waals surface area contributed by atoms with E-state index >= 15 is 0 Å². The zero-order valence-electron chi connectivity index (χ0n) is 11.4. The maximum Gasteiger partial charge on any atom is 0.144 e. The topological polar surface area (TPSA) is 17.8 Å². The molecule has 0 atom stereocenters. The molecular formula is C15H13Cl2FN2S. The molecule has 0 aliphatic heterocycles. The van der Waals surface area contributed by atoms with Gasteiger partial charge in [-0.15, -0.1) is 22.9 Å². The molecule has 0 unspecified atom stereocenters. The monoisotopic (exact) mass is 342 g/mol. The summed E-state index contributed by atoms with van der Waals surface area (Å²) in [7, 11) is 0. The molecule has 2 nitrogen and oxygen atoms in total. The molecule has 0 spiro atoms. The molecule has 0 aliphatic carbocycles. The molecule has 21 heavy (non-hydrogen) atoms. The maximum absolute atomic E-state index is 13.7. The molecule has 0 N–H and O–H groups in total. The molecule has 0 fully saturated rings. The molecule has 0 amide bonds. The fraction of sp³-hybridized carbons (Fsp3) is 0.267. The lowest BCUT2D eigenvalue weighted by Gasteiger charge is -2.06. The van der Waals surface area contributed by atoms with E-state index in [1.54, 1.807) is 17.4 Å². The molecule has 0 aliphatic rings. The summed E-state index contributed by atoms with van der Waals surface area (Å²) in [6, 6.07) is 7.19. The SMILES string of the molecule is CCc1ccc(Cn2c(CCl)nc3cc(Cl)c(F)cc32)s1. The quantitative estimate of drug-likeness (QED) is 0.593. The molecule has 0 saturated heterocycles. The van der Waals surface area contributed by atoms with Crippen LogP contribution in [-0.4, -0.2) is 9.55 Å². The van der Waals surface area contributed by atoms with Crippen LogP contribution in [0.3, 0.4) is 0 Å². The number of nitrogens with zero attached hydrogens (tertiary/aromatic N) is 2. The van der Waals surface area contributed by atoms with Gasteiger partial charge < -0.3 is 4.57 Å². The first-order valence-electron chi connectivity index (χ1n) is 6.60. The minimum atomic E-state index is -0.438. The van der Waals surface area contributed by atoms with Gasteiger partial charge in [-0.1, -0.05) is 18.5 Å². The first kappa shape index (κ1) is 14.8. The Morgan fingerprint density at radius 2 is 2.05 bits per heavy atom. The first-order chi connectivity index (χ1) is 10.1. The van der Waals surface area contributed by atoms with Crippen LogP contribution < -0.4 is 0 Å². The van der Waals surface area contributed by atoms with E-state index in [1.165, 1.54) is 15.8 Å². The van der Waals surface area contributed by atoms with Gasteiger partial charge in [-0.05, 0) is 24.6 Å². The Bertz CT molecular complexity index is 794. The number of imidazole rings is 1. The molecule has 1 aromatic carbocycles. The number of benzene rings is 1. The van der Waals surface area contributed by atoms with Crippen LogP contribution in [0.5, 0.6) is 0 Å². The third kappa shape index (κ3) is 2.80. The highest BCUT2D eigenvalue weighted by atomic mass is 35.5. The summed E-state index contributed by atoms with van der Waals surface area (Å²) < 4.78 is 15.7. The van der Waals surface area contributed by atoms with Crippen LogP contribution in [0.25, 0.3) is 11.0 Å². The lowest BCUT2D eigenvalue weighted by molar-refractivity contribution is 0.628. The van der Waals surface area contributed by atoms with Crippen molar-refractivity contribution in [2.45, 2.75) is 25.8 Å². The van der Waals surface area contributed by atoms with Gasteiger partial charge in [0.05, 0.1) is 28.5 Å². The van der Waals surface area contributed by atoms with Crippen LogP contribution in [0.4, 0.5) is 4.39 Å². The summed E-state index contributed by atoms with van der Waals surface area (Å²) >= 11 is 13.5. The van der Waals surface area contributed by atoms with Crippen molar-refractivity contribution in [1.29, 1.82) is 0 Å². The summed E-state index contributed by atoms with van der Waals surface area (Å²) in [4.78, 5) is 6.97. The van der Waals surface area contributed by atoms with Gasteiger partial charge in [0.25, 0.3) is 0 Å². The maximum atomic E-state index is 13.7. The number of fused-ring (bicyclic) bond motifs is 1. The largest absolute Gasteiger partial charge is 0.322 e. The third-order valence-electron chi connectivity index (χ3n) is 3.37. The summed E-state index contributed by atoms with van der Waals surface area (Å²) in [5.74, 6) is 0.562. The average Bonchev–Trinajstić information content (AvgIpc) is 3.05. The van der Waals surface area contributed by atoms with Crippen molar-refractivity contribution in [1.82, 2.24) is 9.55 Å². The van der Waals surface area contributed by atoms with E-state index in [-0.39, 0.29) is 10.9 Å². The molecule has 0 radical (unpaired) electrons. The predicted molar refractivity (Wildman–Crippen MR) is 87.1 cm³/mol. The third-order valence-corrected chi connectivity index (χ3v) is 5.11. The van der Waals surface area contributed by atoms with E-state index in [0.29, 0.717) is 12.1 Å². The Balaban J connectivity index is 2.09. The predicted octanol–water partition coefficient (Wildman–Crippen LogP) is 5.24. The highest BCUT2D eigenvalue weighted by Crippen LogP contribution is 2.26. The van der Waals surface area contributed by atoms with Gasteiger partial charge in [0.2, 0.25) is 0 Å². The van der Waals surface area contributed by atoms with Crippen LogP contribution in [0.1, 0.15) is 22.5 Å². The van der Waals surface area contributed by atoms with Gasteiger partial charge >= 0.3 is 0 Å². The van der Waals surface area contributed by atoms with Crippen molar-refractivity contribution in [3.8, 4) is 0 Å². The van der Waals surface area contributed by atoms with Gasteiger partial charge in [-0.2, -0.15) is 0 Å². The average molecular weight is 343 g/mol. The van der Waals surface area contributed by atoms with E-state index < -0.39 is 5.82 Å². The van der Waals surface area contributed by atoms with E-state index in [4.69, 9.17) is 23.2 Å². The molecule has 0 saturated carbocycles. The Morgan fingerprint density at radius 1 is 1.29 bits per heavy atom.